The molecule has 0 radical (unpaired) electrons. The summed E-state index contributed by atoms with van der Waals surface area (Å²) in [4.78, 5) is 0. The van der Waals surface area contributed by atoms with E-state index >= 15 is 0 Å². The molecule has 0 aliphatic heterocycles. The van der Waals surface area contributed by atoms with Crippen molar-refractivity contribution in [3.05, 3.63) is 34.3 Å². The molecule has 1 aromatic rings. The summed E-state index contributed by atoms with van der Waals surface area (Å²) in [5.74, 6) is 3.79. The van der Waals surface area contributed by atoms with Gasteiger partial charge in [0, 0.05) is 9.80 Å². The maximum absolute atomic E-state index is 3.72. The zero-order chi connectivity index (χ0) is 12.5. The second-order valence-electron chi connectivity index (χ2n) is 6.08. The van der Waals surface area contributed by atoms with Crippen molar-refractivity contribution in [2.45, 2.75) is 38.0 Å². The smallest absolute Gasteiger partial charge is 0.0178 e. The van der Waals surface area contributed by atoms with E-state index in [-0.39, 0.29) is 0 Å². The summed E-state index contributed by atoms with van der Waals surface area (Å²) >= 11 is 7.31. The number of alkyl halides is 1. The number of benzene rings is 1. The molecule has 0 aromatic heterocycles. The Bertz CT molecular complexity index is 415. The van der Waals surface area contributed by atoms with Crippen LogP contribution in [0.1, 0.15) is 43.6 Å². The Labute approximate surface area is 127 Å². The van der Waals surface area contributed by atoms with Crippen LogP contribution in [0.5, 0.6) is 0 Å². The molecule has 2 aliphatic carbocycles. The van der Waals surface area contributed by atoms with Crippen LogP contribution in [0, 0.1) is 17.8 Å². The van der Waals surface area contributed by atoms with E-state index < -0.39 is 0 Å². The van der Waals surface area contributed by atoms with Gasteiger partial charge in [-0.1, -0.05) is 50.4 Å². The molecule has 0 spiro atoms. The summed E-state index contributed by atoms with van der Waals surface area (Å²) < 4.78 is 1.21. The van der Waals surface area contributed by atoms with Crippen LogP contribution < -0.4 is 0 Å². The van der Waals surface area contributed by atoms with E-state index in [0.717, 1.165) is 23.1 Å². The van der Waals surface area contributed by atoms with Gasteiger partial charge in [0.1, 0.15) is 0 Å². The highest BCUT2D eigenvalue weighted by atomic mass is 79.9. The third-order valence-corrected chi connectivity index (χ3v) is 6.25. The van der Waals surface area contributed by atoms with Crippen LogP contribution in [0.4, 0.5) is 0 Å². The second-order valence-corrected chi connectivity index (χ2v) is 7.64. The average Bonchev–Trinajstić information content (AvgIpc) is 2.98. The summed E-state index contributed by atoms with van der Waals surface area (Å²) in [6, 6.07) is 8.85. The van der Waals surface area contributed by atoms with Gasteiger partial charge in [0.25, 0.3) is 0 Å². The maximum atomic E-state index is 3.72. The summed E-state index contributed by atoms with van der Waals surface area (Å²) in [6.45, 7) is 0. The van der Waals surface area contributed by atoms with Crippen molar-refractivity contribution in [1.82, 2.24) is 0 Å². The fraction of sp³-hybridized carbons (Fsp3) is 0.625. The van der Waals surface area contributed by atoms with Crippen LogP contribution in [0.2, 0.25) is 0 Å². The van der Waals surface area contributed by atoms with Gasteiger partial charge in [-0.25, -0.2) is 0 Å². The summed E-state index contributed by atoms with van der Waals surface area (Å²) in [5.41, 5.74) is 1.49. The normalized spacial score (nSPS) is 31.8. The molecule has 18 heavy (non-hydrogen) atoms. The molecule has 2 bridgehead atoms. The highest BCUT2D eigenvalue weighted by Crippen LogP contribution is 2.51. The van der Waals surface area contributed by atoms with Crippen LogP contribution >= 0.6 is 31.9 Å². The van der Waals surface area contributed by atoms with Gasteiger partial charge in [-0.3, -0.25) is 0 Å². The Hall–Kier alpha value is 0.180. The number of hydrogen-bond donors (Lipinski definition) is 0. The summed E-state index contributed by atoms with van der Waals surface area (Å²) in [5, 5.41) is 1.09. The quantitative estimate of drug-likeness (QED) is 0.590. The molecule has 4 atom stereocenters. The van der Waals surface area contributed by atoms with Crippen LogP contribution in [-0.4, -0.2) is 5.33 Å². The second kappa shape index (κ2) is 5.66. The Morgan fingerprint density at radius 2 is 2.11 bits per heavy atom. The zero-order valence-corrected chi connectivity index (χ0v) is 13.8. The lowest BCUT2D eigenvalue weighted by molar-refractivity contribution is 0.301. The summed E-state index contributed by atoms with van der Waals surface area (Å²) in [7, 11) is 0. The third kappa shape index (κ3) is 2.70. The number of halogens is 2. The number of fused-ring (bicyclic) bond motifs is 2. The first kappa shape index (κ1) is 13.2. The van der Waals surface area contributed by atoms with Gasteiger partial charge in [0.2, 0.25) is 0 Å². The Morgan fingerprint density at radius 3 is 2.72 bits per heavy atom. The SMILES string of the molecule is BrCC(CC1CC2CCC1C2)c1cccc(Br)c1. The van der Waals surface area contributed by atoms with Crippen molar-refractivity contribution < 1.29 is 0 Å². The van der Waals surface area contributed by atoms with Gasteiger partial charge in [-0.05, 0) is 67.1 Å². The minimum Gasteiger partial charge on any atom is -0.0921 e. The molecule has 98 valence electrons. The average molecular weight is 372 g/mol. The monoisotopic (exact) mass is 370 g/mol. The lowest BCUT2D eigenvalue weighted by Crippen LogP contribution is -2.15. The van der Waals surface area contributed by atoms with Crippen molar-refractivity contribution in [3.8, 4) is 0 Å². The standard InChI is InChI=1S/C16H20Br2/c17-10-15(12-2-1-3-16(18)9-12)8-14-7-11-4-5-13(14)6-11/h1-3,9,11,13-15H,4-8,10H2. The van der Waals surface area contributed by atoms with E-state index in [4.69, 9.17) is 0 Å². The largest absolute Gasteiger partial charge is 0.0921 e. The van der Waals surface area contributed by atoms with Crippen molar-refractivity contribution >= 4 is 31.9 Å². The predicted octanol–water partition coefficient (Wildman–Crippen LogP) is 5.75. The van der Waals surface area contributed by atoms with Crippen LogP contribution in [0.25, 0.3) is 0 Å². The van der Waals surface area contributed by atoms with E-state index in [9.17, 15) is 0 Å². The van der Waals surface area contributed by atoms with E-state index in [1.807, 2.05) is 0 Å². The molecule has 3 rings (SSSR count). The molecule has 2 aliphatic rings. The van der Waals surface area contributed by atoms with E-state index in [0.29, 0.717) is 5.92 Å². The first-order chi connectivity index (χ1) is 8.76. The van der Waals surface area contributed by atoms with Gasteiger partial charge < -0.3 is 0 Å². The van der Waals surface area contributed by atoms with Gasteiger partial charge in [0.15, 0.2) is 0 Å². The lowest BCUT2D eigenvalue weighted by Gasteiger charge is -2.26. The van der Waals surface area contributed by atoms with Crippen LogP contribution in [-0.2, 0) is 0 Å². The van der Waals surface area contributed by atoms with Crippen molar-refractivity contribution in [1.29, 1.82) is 0 Å². The van der Waals surface area contributed by atoms with Crippen LogP contribution in [0.15, 0.2) is 28.7 Å². The fourth-order valence-electron chi connectivity index (χ4n) is 4.08. The molecule has 0 saturated heterocycles. The van der Waals surface area contributed by atoms with Gasteiger partial charge in [0.05, 0.1) is 0 Å². The molecular weight excluding hydrogens is 352 g/mol. The molecule has 1 aromatic carbocycles. The molecule has 4 unspecified atom stereocenters. The third-order valence-electron chi connectivity index (χ3n) is 4.98. The van der Waals surface area contributed by atoms with E-state index in [1.54, 1.807) is 0 Å². The number of rotatable bonds is 4. The highest BCUT2D eigenvalue weighted by Gasteiger charge is 2.40. The van der Waals surface area contributed by atoms with Crippen molar-refractivity contribution in [3.63, 3.8) is 0 Å². The zero-order valence-electron chi connectivity index (χ0n) is 10.6. The molecular formula is C16H20Br2. The van der Waals surface area contributed by atoms with Gasteiger partial charge in [-0.15, -0.1) is 0 Å². The molecule has 0 heterocycles. The number of hydrogen-bond acceptors (Lipinski definition) is 0. The predicted molar refractivity (Wildman–Crippen MR) is 84.2 cm³/mol. The van der Waals surface area contributed by atoms with Crippen molar-refractivity contribution in [2.24, 2.45) is 17.8 Å². The lowest BCUT2D eigenvalue weighted by atomic mass is 9.81. The molecule has 2 fully saturated rings. The molecule has 0 amide bonds. The molecule has 0 N–H and O–H groups in total. The topological polar surface area (TPSA) is 0 Å². The van der Waals surface area contributed by atoms with Crippen LogP contribution in [0.3, 0.4) is 0 Å². The van der Waals surface area contributed by atoms with Gasteiger partial charge in [-0.2, -0.15) is 0 Å². The highest BCUT2D eigenvalue weighted by molar-refractivity contribution is 9.10. The maximum Gasteiger partial charge on any atom is 0.0178 e. The molecule has 0 nitrogen and oxygen atoms in total. The minimum atomic E-state index is 0.687. The fourth-order valence-corrected chi connectivity index (χ4v) is 5.13. The Kier molecular flexibility index (Phi) is 4.15. The molecule has 2 heteroatoms. The van der Waals surface area contributed by atoms with E-state index in [2.05, 4.69) is 56.1 Å². The Morgan fingerprint density at radius 1 is 1.22 bits per heavy atom. The first-order valence-corrected chi connectivity index (χ1v) is 8.99. The molecule has 2 saturated carbocycles. The van der Waals surface area contributed by atoms with E-state index in [1.165, 1.54) is 42.1 Å². The minimum absolute atomic E-state index is 0.687. The van der Waals surface area contributed by atoms with Gasteiger partial charge >= 0.3 is 0 Å². The first-order valence-electron chi connectivity index (χ1n) is 7.07. The van der Waals surface area contributed by atoms with Crippen molar-refractivity contribution in [2.75, 3.05) is 5.33 Å². The summed E-state index contributed by atoms with van der Waals surface area (Å²) in [6.07, 6.45) is 7.42. The Balaban J connectivity index is 1.69.